The van der Waals surface area contributed by atoms with Crippen LogP contribution in [0.25, 0.3) is 11.0 Å². The number of esters is 1. The van der Waals surface area contributed by atoms with Gasteiger partial charge < -0.3 is 4.74 Å². The van der Waals surface area contributed by atoms with Gasteiger partial charge in [-0.25, -0.2) is 4.79 Å². The van der Waals surface area contributed by atoms with Crippen LogP contribution < -0.4 is 0 Å². The predicted octanol–water partition coefficient (Wildman–Crippen LogP) is 3.07. The lowest BCUT2D eigenvalue weighted by atomic mass is 10.0. The molecule has 0 saturated carbocycles. The molecule has 0 saturated heterocycles. The van der Waals surface area contributed by atoms with Gasteiger partial charge in [-0.1, -0.05) is 6.07 Å². The molecular formula is C22H22N6O2S. The Morgan fingerprint density at radius 1 is 1.10 bits per heavy atom. The van der Waals surface area contributed by atoms with Crippen LogP contribution in [0.15, 0.2) is 42.7 Å². The molecule has 0 amide bonds. The van der Waals surface area contributed by atoms with Crippen LogP contribution in [-0.4, -0.2) is 47.5 Å². The summed E-state index contributed by atoms with van der Waals surface area (Å²) in [6, 6.07) is 10.1. The predicted molar refractivity (Wildman–Crippen MR) is 117 cm³/mol. The molecule has 31 heavy (non-hydrogen) atoms. The lowest BCUT2D eigenvalue weighted by Crippen LogP contribution is -2.31. The lowest BCUT2D eigenvalue weighted by Gasteiger charge is -2.27. The van der Waals surface area contributed by atoms with E-state index < -0.39 is 0 Å². The van der Waals surface area contributed by atoms with E-state index >= 15 is 0 Å². The number of fused-ring (bicyclic) bond motifs is 2. The van der Waals surface area contributed by atoms with E-state index in [0.29, 0.717) is 25.4 Å². The van der Waals surface area contributed by atoms with Crippen molar-refractivity contribution in [2.24, 2.45) is 0 Å². The zero-order valence-corrected chi connectivity index (χ0v) is 18.0. The van der Waals surface area contributed by atoms with Crippen molar-refractivity contribution in [2.45, 2.75) is 33.0 Å². The number of aromatic nitrogens is 5. The van der Waals surface area contributed by atoms with E-state index in [1.165, 1.54) is 17.3 Å². The highest BCUT2D eigenvalue weighted by molar-refractivity contribution is 7.00. The molecule has 0 fully saturated rings. The summed E-state index contributed by atoms with van der Waals surface area (Å²) in [5.41, 5.74) is 6.64. The van der Waals surface area contributed by atoms with Crippen LogP contribution in [-0.2, 0) is 30.8 Å². The molecule has 0 bridgehead atoms. The highest BCUT2D eigenvalue weighted by Gasteiger charge is 2.29. The maximum Gasteiger partial charge on any atom is 0.359 e. The standard InChI is InChI=1S/C22H22N6O2S/c1-2-30-22(29)21-17-14-27(12-16-3-4-18-19(11-16)26-31-25-18)10-7-20(17)28(24-21)13-15-5-8-23-9-6-15/h3-6,8-9,11H,2,7,10,12-14H2,1H3. The molecule has 4 aromatic rings. The minimum Gasteiger partial charge on any atom is -0.461 e. The van der Waals surface area contributed by atoms with Gasteiger partial charge in [0.1, 0.15) is 11.0 Å². The molecule has 158 valence electrons. The zero-order chi connectivity index (χ0) is 21.2. The van der Waals surface area contributed by atoms with Gasteiger partial charge >= 0.3 is 5.97 Å². The molecule has 1 aliphatic heterocycles. The first-order valence-electron chi connectivity index (χ1n) is 10.3. The molecule has 5 rings (SSSR count). The Balaban J connectivity index is 1.42. The first kappa shape index (κ1) is 19.8. The third kappa shape index (κ3) is 4.06. The summed E-state index contributed by atoms with van der Waals surface area (Å²) < 4.78 is 15.9. The van der Waals surface area contributed by atoms with Crippen molar-refractivity contribution < 1.29 is 9.53 Å². The van der Waals surface area contributed by atoms with Crippen molar-refractivity contribution >= 4 is 28.7 Å². The Bertz CT molecular complexity index is 1220. The summed E-state index contributed by atoms with van der Waals surface area (Å²) in [7, 11) is 0. The Labute approximate surface area is 183 Å². The monoisotopic (exact) mass is 434 g/mol. The van der Waals surface area contributed by atoms with E-state index in [1.54, 1.807) is 12.4 Å². The number of hydrogen-bond acceptors (Lipinski definition) is 8. The second kappa shape index (κ2) is 8.52. The minimum absolute atomic E-state index is 0.330. The molecule has 4 heterocycles. The Morgan fingerprint density at radius 2 is 1.94 bits per heavy atom. The second-order valence-electron chi connectivity index (χ2n) is 7.56. The first-order valence-corrected chi connectivity index (χ1v) is 11.0. The van der Waals surface area contributed by atoms with Crippen LogP contribution in [0.1, 0.15) is 39.8 Å². The summed E-state index contributed by atoms with van der Waals surface area (Å²) in [5, 5.41) is 4.66. The van der Waals surface area contributed by atoms with E-state index in [2.05, 4.69) is 35.9 Å². The quantitative estimate of drug-likeness (QED) is 0.431. The molecule has 8 nitrogen and oxygen atoms in total. The third-order valence-electron chi connectivity index (χ3n) is 5.49. The Kier molecular flexibility index (Phi) is 5.44. The number of carbonyl (C=O) groups is 1. The van der Waals surface area contributed by atoms with Crippen LogP contribution in [0.2, 0.25) is 0 Å². The summed E-state index contributed by atoms with van der Waals surface area (Å²) in [6.07, 6.45) is 4.37. The van der Waals surface area contributed by atoms with Crippen molar-refractivity contribution in [1.29, 1.82) is 0 Å². The van der Waals surface area contributed by atoms with Crippen LogP contribution >= 0.6 is 11.7 Å². The van der Waals surface area contributed by atoms with Crippen molar-refractivity contribution in [3.05, 3.63) is 70.8 Å². The molecule has 0 radical (unpaired) electrons. The topological polar surface area (TPSA) is 86.0 Å². The van der Waals surface area contributed by atoms with Crippen LogP contribution in [0.5, 0.6) is 0 Å². The third-order valence-corrected chi connectivity index (χ3v) is 6.04. The molecule has 0 aliphatic carbocycles. The Hall–Kier alpha value is -3.17. The van der Waals surface area contributed by atoms with E-state index in [4.69, 9.17) is 4.74 Å². The minimum atomic E-state index is -0.357. The maximum absolute atomic E-state index is 12.6. The van der Waals surface area contributed by atoms with Gasteiger partial charge in [0, 0.05) is 49.7 Å². The number of pyridine rings is 1. The molecule has 9 heteroatoms. The number of rotatable bonds is 6. The van der Waals surface area contributed by atoms with Gasteiger partial charge in [0.05, 0.1) is 24.9 Å². The normalized spacial score (nSPS) is 14.0. The first-order chi connectivity index (χ1) is 15.2. The molecule has 0 unspecified atom stereocenters. The molecule has 0 spiro atoms. The summed E-state index contributed by atoms with van der Waals surface area (Å²) in [6.45, 7) is 5.09. The molecule has 0 atom stereocenters. The largest absolute Gasteiger partial charge is 0.461 e. The average molecular weight is 435 g/mol. The van der Waals surface area contributed by atoms with Crippen molar-refractivity contribution in [3.8, 4) is 0 Å². The van der Waals surface area contributed by atoms with E-state index in [-0.39, 0.29) is 5.97 Å². The highest BCUT2D eigenvalue weighted by atomic mass is 32.1. The molecule has 1 aromatic carbocycles. The van der Waals surface area contributed by atoms with Crippen molar-refractivity contribution in [3.63, 3.8) is 0 Å². The van der Waals surface area contributed by atoms with Gasteiger partial charge in [-0.2, -0.15) is 13.8 Å². The van der Waals surface area contributed by atoms with E-state index in [9.17, 15) is 4.79 Å². The fourth-order valence-corrected chi connectivity index (χ4v) is 4.54. The highest BCUT2D eigenvalue weighted by Crippen LogP contribution is 2.26. The van der Waals surface area contributed by atoms with Gasteiger partial charge in [0.15, 0.2) is 5.69 Å². The van der Waals surface area contributed by atoms with Crippen molar-refractivity contribution in [2.75, 3.05) is 13.2 Å². The van der Waals surface area contributed by atoms with Gasteiger partial charge in [-0.15, -0.1) is 0 Å². The lowest BCUT2D eigenvalue weighted by molar-refractivity contribution is 0.0515. The second-order valence-corrected chi connectivity index (χ2v) is 8.08. The number of nitrogens with zero attached hydrogens (tertiary/aromatic N) is 6. The molecular weight excluding hydrogens is 412 g/mol. The number of hydrogen-bond donors (Lipinski definition) is 0. The van der Waals surface area contributed by atoms with Gasteiger partial charge in [0.2, 0.25) is 0 Å². The SMILES string of the molecule is CCOC(=O)c1nn(Cc2ccncc2)c2c1CN(Cc1ccc3nsnc3c1)CC2. The maximum atomic E-state index is 12.6. The fraction of sp³-hybridized carbons (Fsp3) is 0.318. The number of benzene rings is 1. The average Bonchev–Trinajstić information content (AvgIpc) is 3.39. The molecule has 1 aliphatic rings. The summed E-state index contributed by atoms with van der Waals surface area (Å²) in [5.74, 6) is -0.357. The molecule has 0 N–H and O–H groups in total. The smallest absolute Gasteiger partial charge is 0.359 e. The van der Waals surface area contributed by atoms with E-state index in [1.807, 2.05) is 29.8 Å². The Morgan fingerprint density at radius 3 is 2.77 bits per heavy atom. The van der Waals surface area contributed by atoms with Gasteiger partial charge in [0.25, 0.3) is 0 Å². The summed E-state index contributed by atoms with van der Waals surface area (Å²) >= 11 is 1.23. The summed E-state index contributed by atoms with van der Waals surface area (Å²) in [4.78, 5) is 19.0. The number of carbonyl (C=O) groups excluding carboxylic acids is 1. The number of ether oxygens (including phenoxy) is 1. The van der Waals surface area contributed by atoms with Gasteiger partial charge in [-0.3, -0.25) is 14.6 Å². The van der Waals surface area contributed by atoms with Crippen LogP contribution in [0, 0.1) is 0 Å². The molecule has 3 aromatic heterocycles. The van der Waals surface area contributed by atoms with Gasteiger partial charge in [-0.05, 0) is 42.3 Å². The van der Waals surface area contributed by atoms with Crippen molar-refractivity contribution in [1.82, 2.24) is 28.4 Å². The van der Waals surface area contributed by atoms with Crippen LogP contribution in [0.4, 0.5) is 0 Å². The fourth-order valence-electron chi connectivity index (χ4n) is 4.02. The van der Waals surface area contributed by atoms with E-state index in [0.717, 1.165) is 47.4 Å². The van der Waals surface area contributed by atoms with Crippen LogP contribution in [0.3, 0.4) is 0 Å². The zero-order valence-electron chi connectivity index (χ0n) is 17.2.